The lowest BCUT2D eigenvalue weighted by Crippen LogP contribution is -2.39. The molecule has 3 N–H and O–H groups in total. The number of aromatic carboxylic acids is 1. The van der Waals surface area contributed by atoms with E-state index in [4.69, 9.17) is 14.5 Å². The van der Waals surface area contributed by atoms with Gasteiger partial charge in [0, 0.05) is 62.2 Å². The molecule has 0 bridgehead atoms. The van der Waals surface area contributed by atoms with Crippen molar-refractivity contribution < 1.29 is 33.8 Å². The highest BCUT2D eigenvalue weighted by Gasteiger charge is 2.33. The van der Waals surface area contributed by atoms with E-state index < -0.39 is 11.9 Å². The molecule has 4 aliphatic rings. The van der Waals surface area contributed by atoms with Gasteiger partial charge in [-0.15, -0.1) is 0 Å². The van der Waals surface area contributed by atoms with Crippen LogP contribution in [0.25, 0.3) is 32.2 Å². The molecule has 73 heavy (non-hydrogen) atoms. The summed E-state index contributed by atoms with van der Waals surface area (Å²) in [6.45, 7) is 6.15. The first-order valence-electron chi connectivity index (χ1n) is 25.7. The quantitative estimate of drug-likeness (QED) is 0.0879. The zero-order valence-corrected chi connectivity index (χ0v) is 42.1. The molecule has 0 spiro atoms. The lowest BCUT2D eigenvalue weighted by atomic mass is 9.84. The molecule has 1 atom stereocenters. The summed E-state index contributed by atoms with van der Waals surface area (Å²) in [7, 11) is 1.88. The van der Waals surface area contributed by atoms with E-state index in [1.54, 1.807) is 4.68 Å². The molecule has 3 aromatic heterocycles. The Bertz CT molecular complexity index is 3210. The fourth-order valence-electron chi connectivity index (χ4n) is 11.4. The van der Waals surface area contributed by atoms with Gasteiger partial charge < -0.3 is 24.4 Å². The van der Waals surface area contributed by atoms with E-state index in [9.17, 15) is 24.3 Å². The van der Waals surface area contributed by atoms with Crippen LogP contribution in [-0.2, 0) is 29.6 Å². The fraction of sp³-hybridized carbons (Fsp3) is 0.386. The lowest BCUT2D eigenvalue weighted by molar-refractivity contribution is -0.134. The van der Waals surface area contributed by atoms with E-state index in [1.807, 2.05) is 110 Å². The summed E-state index contributed by atoms with van der Waals surface area (Å²) in [6, 6.07) is 29.2. The minimum Gasteiger partial charge on any atom is -0.490 e. The number of rotatable bonds is 14. The van der Waals surface area contributed by atoms with E-state index in [0.29, 0.717) is 66.0 Å². The van der Waals surface area contributed by atoms with Gasteiger partial charge in [0.25, 0.3) is 5.91 Å². The van der Waals surface area contributed by atoms with Crippen molar-refractivity contribution in [1.29, 1.82) is 0 Å². The number of nitrogens with zero attached hydrogens (tertiary/aromatic N) is 6. The minimum absolute atomic E-state index is 0.0211. The third-order valence-corrected chi connectivity index (χ3v) is 16.4. The molecule has 1 aliphatic carbocycles. The zero-order chi connectivity index (χ0) is 50.2. The summed E-state index contributed by atoms with van der Waals surface area (Å²) in [4.78, 5) is 64.8. The van der Waals surface area contributed by atoms with Crippen LogP contribution in [0.15, 0.2) is 91.0 Å². The molecule has 2 saturated heterocycles. The monoisotopic (exact) mass is 1000 g/mol. The topological polar surface area (TPSA) is 181 Å². The molecule has 15 nitrogen and oxygen atoms in total. The Morgan fingerprint density at radius 2 is 1.64 bits per heavy atom. The number of hydrogen-bond donors (Lipinski definition) is 3. The van der Waals surface area contributed by atoms with Crippen molar-refractivity contribution in [1.82, 2.24) is 30.0 Å². The number of carbonyl (C=O) groups excluding carboxylic acids is 3. The van der Waals surface area contributed by atoms with Gasteiger partial charge in [0.05, 0.1) is 33.4 Å². The number of amides is 3. The third kappa shape index (κ3) is 10.3. The van der Waals surface area contributed by atoms with Crippen molar-refractivity contribution in [3.63, 3.8) is 0 Å². The summed E-state index contributed by atoms with van der Waals surface area (Å²) in [5.41, 5.74) is 7.20. The number of imide groups is 1. The van der Waals surface area contributed by atoms with E-state index in [-0.39, 0.29) is 35.6 Å². The van der Waals surface area contributed by atoms with Crippen LogP contribution in [0.1, 0.15) is 113 Å². The third-order valence-electron chi connectivity index (χ3n) is 15.4. The number of para-hydroxylation sites is 1. The van der Waals surface area contributed by atoms with Crippen molar-refractivity contribution in [2.24, 2.45) is 13.0 Å². The van der Waals surface area contributed by atoms with Crippen LogP contribution in [-0.4, -0.2) is 91.8 Å². The van der Waals surface area contributed by atoms with Crippen molar-refractivity contribution in [2.75, 3.05) is 36.4 Å². The maximum atomic E-state index is 13.7. The van der Waals surface area contributed by atoms with Crippen LogP contribution in [0.5, 0.6) is 11.5 Å². The molecule has 7 aromatic rings. The summed E-state index contributed by atoms with van der Waals surface area (Å²) in [5.74, 6) is 0.535. The van der Waals surface area contributed by atoms with Crippen LogP contribution in [0.3, 0.4) is 0 Å². The highest BCUT2D eigenvalue weighted by Crippen LogP contribution is 2.38. The molecular weight excluding hydrogens is 941 g/mol. The molecular formula is C57H60N8O7S. The zero-order valence-electron chi connectivity index (χ0n) is 41.3. The lowest BCUT2D eigenvalue weighted by Gasteiger charge is -2.33. The van der Waals surface area contributed by atoms with Crippen molar-refractivity contribution in [2.45, 2.75) is 102 Å². The molecule has 16 heteroatoms. The van der Waals surface area contributed by atoms with Gasteiger partial charge >= 0.3 is 5.97 Å². The normalized spacial score (nSPS) is 19.7. The Morgan fingerprint density at radius 1 is 0.836 bits per heavy atom. The summed E-state index contributed by atoms with van der Waals surface area (Å²) >= 11 is 1.44. The number of hydrogen-bond acceptors (Lipinski definition) is 12. The Morgan fingerprint density at radius 3 is 2.45 bits per heavy atom. The largest absolute Gasteiger partial charge is 0.490 e. The number of anilines is 2. The van der Waals surface area contributed by atoms with Gasteiger partial charge in [-0.3, -0.25) is 29.7 Å². The van der Waals surface area contributed by atoms with E-state index in [1.165, 1.54) is 24.2 Å². The number of pyridine rings is 1. The average Bonchev–Trinajstić information content (AvgIpc) is 3.96. The Labute approximate surface area is 427 Å². The van der Waals surface area contributed by atoms with E-state index in [0.717, 1.165) is 113 Å². The second kappa shape index (κ2) is 20.7. The number of carboxylic acids is 1. The first kappa shape index (κ1) is 48.1. The molecule has 1 saturated carbocycles. The number of nitrogens with one attached hydrogen (secondary N) is 2. The molecule has 376 valence electrons. The Balaban J connectivity index is 0.651. The van der Waals surface area contributed by atoms with Crippen LogP contribution in [0.4, 0.5) is 10.9 Å². The van der Waals surface area contributed by atoms with Crippen molar-refractivity contribution in [3.8, 4) is 22.6 Å². The minimum atomic E-state index is -1.10. The number of piperidine rings is 2. The molecule has 3 aliphatic heterocycles. The molecule has 0 radical (unpaired) electrons. The molecule has 4 aromatic carbocycles. The molecule has 11 rings (SSSR count). The Hall–Kier alpha value is -7.17. The summed E-state index contributed by atoms with van der Waals surface area (Å²) in [6.07, 6.45) is 10.3. The SMILES string of the molecule is Cc1c(O[C@H]2CC[C@H](CCCN3CCC(Oc4ccc5c(C6CCC(=O)NC6=O)nn(C)c5c4)CC3)CC2)cccc1-c1ccc(N2CCc3cccc(C(=O)Nc4nc5ccccc5s4)c3C2)nc1C(=O)O. The number of carbonyl (C=O) groups is 4. The number of aryl methyl sites for hydroxylation is 1. The van der Waals surface area contributed by atoms with Gasteiger partial charge in [-0.05, 0) is 154 Å². The van der Waals surface area contributed by atoms with Gasteiger partial charge in [0.15, 0.2) is 10.8 Å². The number of thiazole rings is 1. The molecule has 3 amide bonds. The van der Waals surface area contributed by atoms with Crippen LogP contribution < -0.4 is 25.0 Å². The fourth-order valence-corrected chi connectivity index (χ4v) is 12.3. The van der Waals surface area contributed by atoms with Crippen LogP contribution in [0, 0.1) is 12.8 Å². The summed E-state index contributed by atoms with van der Waals surface area (Å²) in [5, 5.41) is 22.1. The summed E-state index contributed by atoms with van der Waals surface area (Å²) < 4.78 is 16.0. The predicted molar refractivity (Wildman–Crippen MR) is 282 cm³/mol. The van der Waals surface area contributed by atoms with Crippen molar-refractivity contribution in [3.05, 3.63) is 125 Å². The van der Waals surface area contributed by atoms with Crippen LogP contribution >= 0.6 is 11.3 Å². The van der Waals surface area contributed by atoms with Gasteiger partial charge in [-0.2, -0.15) is 5.10 Å². The second-order valence-corrected chi connectivity index (χ2v) is 21.1. The highest BCUT2D eigenvalue weighted by molar-refractivity contribution is 7.22. The van der Waals surface area contributed by atoms with Crippen LogP contribution in [0.2, 0.25) is 0 Å². The maximum Gasteiger partial charge on any atom is 0.355 e. The first-order valence-corrected chi connectivity index (χ1v) is 26.6. The number of fused-ring (bicyclic) bond motifs is 3. The first-order chi connectivity index (χ1) is 35.5. The van der Waals surface area contributed by atoms with Gasteiger partial charge in [0.2, 0.25) is 11.8 Å². The van der Waals surface area contributed by atoms with Gasteiger partial charge in [-0.1, -0.05) is 47.7 Å². The van der Waals surface area contributed by atoms with Crippen molar-refractivity contribution >= 4 is 67.1 Å². The highest BCUT2D eigenvalue weighted by atomic mass is 32.1. The number of benzene rings is 4. The number of aromatic nitrogens is 4. The number of carboxylic acid groups (broad SMARTS) is 1. The smallest absolute Gasteiger partial charge is 0.355 e. The standard InChI is InChI=1S/C57H60N8O7S/c1-34-40(41-21-23-50(59-53(41)56(69)70)65-31-25-36-9-5-11-42(45(36)33-65)54(67)61-57-58-46-12-3-4-14-49(46)73-57)10-6-13-48(34)72-37-17-15-35(16-18-37)8-7-28-64-29-26-38(27-30-64)71-39-19-20-43-47(32-39)63(2)62-52(43)44-22-24-51(66)60-55(44)68/h3-6,9-14,19-21,23,32,35,37-38,44H,7-8,15-18,22,24-31,33H2,1-2H3,(H,69,70)(H,58,61,67)(H,60,66,68)/t35-,37-,44?. The van der Waals surface area contributed by atoms with E-state index >= 15 is 0 Å². The molecule has 3 fully saturated rings. The Kier molecular flexibility index (Phi) is 13.7. The number of likely N-dealkylation sites (tertiary alicyclic amines) is 1. The average molecular weight is 1000 g/mol. The maximum absolute atomic E-state index is 13.7. The molecule has 1 unspecified atom stereocenters. The predicted octanol–water partition coefficient (Wildman–Crippen LogP) is 9.85. The van der Waals surface area contributed by atoms with E-state index in [2.05, 4.69) is 25.6 Å². The van der Waals surface area contributed by atoms with Gasteiger partial charge in [-0.25, -0.2) is 14.8 Å². The second-order valence-electron chi connectivity index (χ2n) is 20.1. The molecule has 6 heterocycles. The van der Waals surface area contributed by atoms with Gasteiger partial charge in [0.1, 0.15) is 23.4 Å². The number of ether oxygens (including phenoxy) is 2.